The maximum atomic E-state index is 14.5. The summed E-state index contributed by atoms with van der Waals surface area (Å²) in [4.78, 5) is 30.2. The zero-order chi connectivity index (χ0) is 24.4. The van der Waals surface area contributed by atoms with Crippen molar-refractivity contribution in [1.82, 2.24) is 24.8 Å². The number of hydrogen-bond donors (Lipinski definition) is 2. The molecule has 0 spiro atoms. The summed E-state index contributed by atoms with van der Waals surface area (Å²) in [6.07, 6.45) is 5.80. The average molecular weight is 495 g/mol. The van der Waals surface area contributed by atoms with Crippen molar-refractivity contribution < 1.29 is 13.9 Å². The summed E-state index contributed by atoms with van der Waals surface area (Å²) in [5.41, 5.74) is 2.42. The second kappa shape index (κ2) is 9.87. The highest BCUT2D eigenvalue weighted by Crippen LogP contribution is 2.28. The Kier molecular flexibility index (Phi) is 6.50. The van der Waals surface area contributed by atoms with Crippen LogP contribution in [0.5, 0.6) is 5.75 Å². The van der Waals surface area contributed by atoms with Crippen molar-refractivity contribution in [3.63, 3.8) is 0 Å². The van der Waals surface area contributed by atoms with Crippen molar-refractivity contribution in [3.8, 4) is 17.1 Å². The number of benzene rings is 1. The number of rotatable bonds is 5. The van der Waals surface area contributed by atoms with Gasteiger partial charge < -0.3 is 19.9 Å². The van der Waals surface area contributed by atoms with Gasteiger partial charge in [-0.3, -0.25) is 0 Å². The van der Waals surface area contributed by atoms with E-state index in [2.05, 4.69) is 25.3 Å². The molecule has 4 aromatic rings. The lowest BCUT2D eigenvalue weighted by Crippen LogP contribution is -2.43. The van der Waals surface area contributed by atoms with Crippen molar-refractivity contribution in [2.24, 2.45) is 5.92 Å². The van der Waals surface area contributed by atoms with Crippen LogP contribution in [0.4, 0.5) is 15.0 Å². The van der Waals surface area contributed by atoms with E-state index < -0.39 is 5.82 Å². The molecule has 1 amide bonds. The van der Waals surface area contributed by atoms with Gasteiger partial charge in [-0.25, -0.2) is 24.1 Å². The number of nitrogens with zero attached hydrogens (tertiary/aromatic N) is 4. The minimum Gasteiger partial charge on any atom is -0.410 e. The molecule has 1 saturated heterocycles. The number of H-pyrrole nitrogens is 1. The summed E-state index contributed by atoms with van der Waals surface area (Å²) < 4.78 is 20.0. The van der Waals surface area contributed by atoms with E-state index in [0.29, 0.717) is 47.4 Å². The lowest BCUT2D eigenvalue weighted by Gasteiger charge is -2.32. The number of aromatic nitrogens is 4. The van der Waals surface area contributed by atoms with Crippen molar-refractivity contribution in [1.29, 1.82) is 0 Å². The Hall–Kier alpha value is -3.72. The molecule has 0 radical (unpaired) electrons. The summed E-state index contributed by atoms with van der Waals surface area (Å²) in [7, 11) is 0. The Morgan fingerprint density at radius 3 is 2.94 bits per heavy atom. The molecule has 0 aliphatic carbocycles. The van der Waals surface area contributed by atoms with Crippen molar-refractivity contribution in [2.45, 2.75) is 19.8 Å². The molecule has 5 rings (SSSR count). The molecule has 1 atom stereocenters. The van der Waals surface area contributed by atoms with Gasteiger partial charge in [0.2, 0.25) is 0 Å². The molecule has 4 heterocycles. The minimum absolute atomic E-state index is 0.110. The Balaban J connectivity index is 1.24. The van der Waals surface area contributed by atoms with Gasteiger partial charge in [-0.1, -0.05) is 29.3 Å². The molecule has 35 heavy (non-hydrogen) atoms. The minimum atomic E-state index is -0.545. The Morgan fingerprint density at radius 1 is 1.29 bits per heavy atom. The van der Waals surface area contributed by atoms with Gasteiger partial charge in [-0.15, -0.1) is 0 Å². The van der Waals surface area contributed by atoms with Gasteiger partial charge >= 0.3 is 6.09 Å². The first-order valence-corrected chi connectivity index (χ1v) is 11.8. The Morgan fingerprint density at radius 2 is 2.11 bits per heavy atom. The van der Waals surface area contributed by atoms with E-state index in [1.807, 2.05) is 19.1 Å². The molecule has 3 aromatic heterocycles. The number of aryl methyl sites for hydroxylation is 1. The third kappa shape index (κ3) is 5.19. The Bertz CT molecular complexity index is 1360. The van der Waals surface area contributed by atoms with Crippen LogP contribution in [0.3, 0.4) is 0 Å². The fourth-order valence-electron chi connectivity index (χ4n) is 4.19. The molecule has 1 aliphatic rings. The van der Waals surface area contributed by atoms with E-state index in [9.17, 15) is 9.18 Å². The number of carbonyl (C=O) groups is 1. The molecule has 1 fully saturated rings. The van der Waals surface area contributed by atoms with E-state index >= 15 is 0 Å². The monoisotopic (exact) mass is 494 g/mol. The van der Waals surface area contributed by atoms with E-state index in [1.165, 1.54) is 0 Å². The molecule has 180 valence electrons. The fourth-order valence-corrected chi connectivity index (χ4v) is 4.35. The van der Waals surface area contributed by atoms with Crippen LogP contribution in [0.15, 0.2) is 48.9 Å². The number of aromatic amines is 1. The topological polar surface area (TPSA) is 96.0 Å². The van der Waals surface area contributed by atoms with Crippen LogP contribution >= 0.6 is 11.6 Å². The summed E-state index contributed by atoms with van der Waals surface area (Å²) in [6.45, 7) is 3.59. The molecule has 0 saturated carbocycles. The number of amides is 1. The number of carbonyl (C=O) groups excluding carboxylic acids is 1. The second-order valence-corrected chi connectivity index (χ2v) is 9.09. The van der Waals surface area contributed by atoms with Gasteiger partial charge in [-0.05, 0) is 43.9 Å². The largest absolute Gasteiger partial charge is 0.415 e. The average Bonchev–Trinajstić information content (AvgIpc) is 3.28. The number of likely N-dealkylation sites (tertiary alicyclic amines) is 1. The number of hydrogen-bond acceptors (Lipinski definition) is 6. The normalized spacial score (nSPS) is 15.9. The molecule has 0 unspecified atom stereocenters. The summed E-state index contributed by atoms with van der Waals surface area (Å²) >= 11 is 6.09. The number of piperidine rings is 1. The number of nitrogens with one attached hydrogen (secondary N) is 2. The maximum Gasteiger partial charge on any atom is 0.415 e. The molecule has 1 aromatic carbocycles. The van der Waals surface area contributed by atoms with Gasteiger partial charge in [0.25, 0.3) is 0 Å². The van der Waals surface area contributed by atoms with Gasteiger partial charge in [-0.2, -0.15) is 0 Å². The summed E-state index contributed by atoms with van der Waals surface area (Å²) in [5.74, 6) is 0.569. The second-order valence-electron chi connectivity index (χ2n) is 8.66. The maximum absolute atomic E-state index is 14.5. The number of halogens is 2. The molecular formula is C25H24ClFN6O2. The first kappa shape index (κ1) is 23.0. The van der Waals surface area contributed by atoms with E-state index in [4.69, 9.17) is 16.3 Å². The molecule has 2 N–H and O–H groups in total. The predicted molar refractivity (Wildman–Crippen MR) is 132 cm³/mol. The number of anilines is 1. The van der Waals surface area contributed by atoms with Crippen molar-refractivity contribution in [2.75, 3.05) is 25.0 Å². The van der Waals surface area contributed by atoms with Crippen molar-refractivity contribution in [3.05, 3.63) is 65.3 Å². The number of pyridine rings is 1. The van der Waals surface area contributed by atoms with Crippen LogP contribution in [0.1, 0.15) is 18.4 Å². The third-order valence-corrected chi connectivity index (χ3v) is 6.25. The highest BCUT2D eigenvalue weighted by Gasteiger charge is 2.25. The Labute approximate surface area is 206 Å². The van der Waals surface area contributed by atoms with E-state index in [1.54, 1.807) is 35.5 Å². The molecule has 8 nitrogen and oxygen atoms in total. The molecule has 0 bridgehead atoms. The SMILES string of the molecule is Cc1ccc(OC(=O)N2CCC[C@H](CNc3nc(-c4c[nH]c5ncc(Cl)cc45)ncc3F)C2)cc1. The van der Waals surface area contributed by atoms with Crippen LogP contribution < -0.4 is 10.1 Å². The quantitative estimate of drug-likeness (QED) is 0.383. The standard InChI is InChI=1S/C25H24ClFN6O2/c1-15-4-6-18(7-5-15)35-25(34)33-8-2-3-16(14-33)10-28-24-21(27)13-31-23(32-24)20-12-30-22-19(20)9-17(26)11-29-22/h4-7,9,11-13,16H,2-3,8,10,14H2,1H3,(H,29,30)(H,28,31,32)/t16-/m1/s1. The lowest BCUT2D eigenvalue weighted by atomic mass is 9.98. The molecular weight excluding hydrogens is 471 g/mol. The zero-order valence-electron chi connectivity index (χ0n) is 19.1. The smallest absolute Gasteiger partial charge is 0.410 e. The summed E-state index contributed by atoms with van der Waals surface area (Å²) in [6, 6.07) is 9.13. The zero-order valence-corrected chi connectivity index (χ0v) is 19.8. The van der Waals surface area contributed by atoms with Gasteiger partial charge in [0.1, 0.15) is 11.4 Å². The summed E-state index contributed by atoms with van der Waals surface area (Å²) in [5, 5.41) is 4.35. The number of ether oxygens (including phenoxy) is 1. The molecule has 1 aliphatic heterocycles. The van der Waals surface area contributed by atoms with Crippen LogP contribution in [-0.2, 0) is 0 Å². The molecule has 10 heteroatoms. The van der Waals surface area contributed by atoms with Crippen molar-refractivity contribution >= 4 is 34.5 Å². The van der Waals surface area contributed by atoms with E-state index in [-0.39, 0.29) is 17.8 Å². The van der Waals surface area contributed by atoms with Gasteiger partial charge in [0.05, 0.1) is 11.2 Å². The van der Waals surface area contributed by atoms with Crippen LogP contribution in [0, 0.1) is 18.7 Å². The first-order chi connectivity index (χ1) is 17.0. The fraction of sp³-hybridized carbons (Fsp3) is 0.280. The third-order valence-electron chi connectivity index (χ3n) is 6.04. The highest BCUT2D eigenvalue weighted by atomic mass is 35.5. The lowest BCUT2D eigenvalue weighted by molar-refractivity contribution is 0.128. The van der Waals surface area contributed by atoms with Gasteiger partial charge in [0.15, 0.2) is 17.5 Å². The van der Waals surface area contributed by atoms with E-state index in [0.717, 1.165) is 30.0 Å². The van der Waals surface area contributed by atoms with Gasteiger partial charge in [0, 0.05) is 43.0 Å². The van der Waals surface area contributed by atoms with Crippen LogP contribution in [0.2, 0.25) is 5.02 Å². The number of fused-ring (bicyclic) bond motifs is 1. The first-order valence-electron chi connectivity index (χ1n) is 11.4. The predicted octanol–water partition coefficient (Wildman–Crippen LogP) is 5.44. The highest BCUT2D eigenvalue weighted by molar-refractivity contribution is 6.31. The van der Waals surface area contributed by atoms with Crippen LogP contribution in [0.25, 0.3) is 22.4 Å². The van der Waals surface area contributed by atoms with Crippen LogP contribution in [-0.4, -0.2) is 50.6 Å².